The zero-order valence-electron chi connectivity index (χ0n) is 14.9. The summed E-state index contributed by atoms with van der Waals surface area (Å²) in [4.78, 5) is 38.1. The molecule has 0 bridgehead atoms. The highest BCUT2D eigenvalue weighted by molar-refractivity contribution is 7.18. The Hall–Kier alpha value is -2.78. The Labute approximate surface area is 163 Å². The summed E-state index contributed by atoms with van der Waals surface area (Å²) in [6.45, 7) is 4.97. The predicted molar refractivity (Wildman–Crippen MR) is 105 cm³/mol. The molecule has 0 aliphatic heterocycles. The van der Waals surface area contributed by atoms with Gasteiger partial charge in [-0.25, -0.2) is 4.79 Å². The van der Waals surface area contributed by atoms with E-state index in [1.54, 1.807) is 19.9 Å². The molecule has 0 radical (unpaired) electrons. The van der Waals surface area contributed by atoms with Crippen molar-refractivity contribution in [3.8, 4) is 10.6 Å². The number of carbonyl (C=O) groups is 3. The SMILES string of the molecule is CCOC(=O)c1c(NC(=O)c2cc(-c3cccs3)[nH]n2)sc(C(C)=O)c1C. The molecule has 0 saturated heterocycles. The summed E-state index contributed by atoms with van der Waals surface area (Å²) in [6, 6.07) is 5.46. The molecule has 0 aromatic carbocycles. The Morgan fingerprint density at radius 2 is 2.11 bits per heavy atom. The van der Waals surface area contributed by atoms with E-state index in [4.69, 9.17) is 4.74 Å². The van der Waals surface area contributed by atoms with Crippen LogP contribution in [0.3, 0.4) is 0 Å². The molecule has 1 amide bonds. The average Bonchev–Trinajstić information content (AvgIpc) is 3.34. The lowest BCUT2D eigenvalue weighted by atomic mass is 10.1. The Balaban J connectivity index is 1.90. The van der Waals surface area contributed by atoms with Crippen molar-refractivity contribution in [3.05, 3.63) is 45.3 Å². The van der Waals surface area contributed by atoms with E-state index in [1.807, 2.05) is 17.5 Å². The van der Waals surface area contributed by atoms with E-state index < -0.39 is 11.9 Å². The minimum Gasteiger partial charge on any atom is -0.462 e. The number of nitrogens with one attached hydrogen (secondary N) is 2. The number of hydrogen-bond donors (Lipinski definition) is 2. The number of hydrogen-bond acceptors (Lipinski definition) is 7. The van der Waals surface area contributed by atoms with Crippen LogP contribution >= 0.6 is 22.7 Å². The number of Topliss-reactive ketones (excluding diaryl/α,β-unsaturated/α-hetero) is 1. The van der Waals surface area contributed by atoms with Gasteiger partial charge >= 0.3 is 5.97 Å². The largest absolute Gasteiger partial charge is 0.462 e. The molecule has 3 heterocycles. The van der Waals surface area contributed by atoms with Crippen molar-refractivity contribution in [2.45, 2.75) is 20.8 Å². The zero-order valence-corrected chi connectivity index (χ0v) is 16.5. The highest BCUT2D eigenvalue weighted by Gasteiger charge is 2.26. The first-order chi connectivity index (χ1) is 12.9. The molecule has 3 aromatic rings. The van der Waals surface area contributed by atoms with Crippen molar-refractivity contribution in [1.82, 2.24) is 10.2 Å². The van der Waals surface area contributed by atoms with Gasteiger partial charge in [0.2, 0.25) is 0 Å². The highest BCUT2D eigenvalue weighted by Crippen LogP contribution is 2.34. The Morgan fingerprint density at radius 1 is 1.33 bits per heavy atom. The number of ether oxygens (including phenoxy) is 1. The number of ketones is 1. The van der Waals surface area contributed by atoms with Crippen molar-refractivity contribution >= 4 is 45.3 Å². The number of esters is 1. The topological polar surface area (TPSA) is 101 Å². The summed E-state index contributed by atoms with van der Waals surface area (Å²) in [7, 11) is 0. The first-order valence-electron chi connectivity index (χ1n) is 8.14. The van der Waals surface area contributed by atoms with Crippen molar-refractivity contribution in [2.24, 2.45) is 0 Å². The van der Waals surface area contributed by atoms with Gasteiger partial charge in [-0.15, -0.1) is 22.7 Å². The van der Waals surface area contributed by atoms with Crippen molar-refractivity contribution in [3.63, 3.8) is 0 Å². The maximum Gasteiger partial charge on any atom is 0.341 e. The lowest BCUT2D eigenvalue weighted by Gasteiger charge is -2.05. The number of H-pyrrole nitrogens is 1. The minimum atomic E-state index is -0.574. The summed E-state index contributed by atoms with van der Waals surface area (Å²) >= 11 is 2.58. The molecule has 0 saturated carbocycles. The Morgan fingerprint density at radius 3 is 2.74 bits per heavy atom. The molecule has 3 aromatic heterocycles. The second-order valence-corrected chi connectivity index (χ2v) is 7.60. The van der Waals surface area contributed by atoms with Crippen LogP contribution in [0.25, 0.3) is 10.6 Å². The van der Waals surface area contributed by atoms with E-state index >= 15 is 0 Å². The van der Waals surface area contributed by atoms with Crippen LogP contribution in [-0.4, -0.2) is 34.5 Å². The smallest absolute Gasteiger partial charge is 0.341 e. The maximum absolute atomic E-state index is 12.6. The second-order valence-electron chi connectivity index (χ2n) is 5.64. The van der Waals surface area contributed by atoms with Gasteiger partial charge in [0, 0.05) is 0 Å². The van der Waals surface area contributed by atoms with Crippen LogP contribution in [0.2, 0.25) is 0 Å². The minimum absolute atomic E-state index is 0.178. The van der Waals surface area contributed by atoms with Crippen LogP contribution in [0.15, 0.2) is 23.6 Å². The van der Waals surface area contributed by atoms with E-state index in [-0.39, 0.29) is 28.6 Å². The summed E-state index contributed by atoms with van der Waals surface area (Å²) in [5, 5.41) is 11.8. The van der Waals surface area contributed by atoms with Crippen LogP contribution < -0.4 is 5.32 Å². The summed E-state index contributed by atoms with van der Waals surface area (Å²) in [6.07, 6.45) is 0. The molecular weight excluding hydrogens is 386 g/mol. The van der Waals surface area contributed by atoms with Gasteiger partial charge in [-0.3, -0.25) is 14.7 Å². The number of aromatic nitrogens is 2. The Bertz CT molecular complexity index is 1000. The fourth-order valence-electron chi connectivity index (χ4n) is 2.55. The molecule has 0 fully saturated rings. The van der Waals surface area contributed by atoms with Crippen molar-refractivity contribution in [1.29, 1.82) is 0 Å². The standard InChI is InChI=1S/C18H17N3O4S2/c1-4-25-18(24)14-9(2)15(10(3)22)27-17(14)19-16(23)12-8-11(20-21-12)13-6-5-7-26-13/h5-8H,4H2,1-3H3,(H,19,23)(H,20,21). The van der Waals surface area contributed by atoms with E-state index in [0.29, 0.717) is 10.4 Å². The summed E-state index contributed by atoms with van der Waals surface area (Å²) in [5.74, 6) is -1.23. The molecule has 0 unspecified atom stereocenters. The van der Waals surface area contributed by atoms with Gasteiger partial charge in [0.15, 0.2) is 11.5 Å². The molecule has 0 spiro atoms. The first kappa shape index (κ1) is 19.0. The number of nitrogens with zero attached hydrogens (tertiary/aromatic N) is 1. The van der Waals surface area contributed by atoms with Gasteiger partial charge < -0.3 is 10.1 Å². The second kappa shape index (κ2) is 7.85. The fraction of sp³-hybridized carbons (Fsp3) is 0.222. The molecule has 7 nitrogen and oxygen atoms in total. The normalized spacial score (nSPS) is 10.6. The summed E-state index contributed by atoms with van der Waals surface area (Å²) in [5.41, 5.74) is 1.62. The van der Waals surface area contributed by atoms with Crippen molar-refractivity contribution in [2.75, 3.05) is 11.9 Å². The van der Waals surface area contributed by atoms with Crippen LogP contribution in [-0.2, 0) is 4.74 Å². The molecular formula is C18H17N3O4S2. The van der Waals surface area contributed by atoms with Gasteiger partial charge in [0.1, 0.15) is 5.00 Å². The summed E-state index contributed by atoms with van der Waals surface area (Å²) < 4.78 is 5.07. The molecule has 3 rings (SSSR count). The molecule has 140 valence electrons. The molecule has 0 aliphatic carbocycles. The molecule has 27 heavy (non-hydrogen) atoms. The monoisotopic (exact) mass is 403 g/mol. The van der Waals surface area contributed by atoms with Gasteiger partial charge in [-0.1, -0.05) is 6.07 Å². The van der Waals surface area contributed by atoms with E-state index in [9.17, 15) is 14.4 Å². The average molecular weight is 403 g/mol. The molecule has 9 heteroatoms. The van der Waals surface area contributed by atoms with Crippen LogP contribution in [0.5, 0.6) is 0 Å². The van der Waals surface area contributed by atoms with Crippen LogP contribution in [0.4, 0.5) is 5.00 Å². The van der Waals surface area contributed by atoms with E-state index in [1.165, 1.54) is 18.3 Å². The molecule has 0 atom stereocenters. The number of amides is 1. The number of rotatable bonds is 6. The lowest BCUT2D eigenvalue weighted by molar-refractivity contribution is 0.0527. The highest BCUT2D eigenvalue weighted by atomic mass is 32.1. The third-order valence-corrected chi connectivity index (χ3v) is 5.98. The van der Waals surface area contributed by atoms with Crippen LogP contribution in [0, 0.1) is 6.92 Å². The number of thiophene rings is 2. The molecule has 2 N–H and O–H groups in total. The van der Waals surface area contributed by atoms with E-state index in [2.05, 4.69) is 15.5 Å². The van der Waals surface area contributed by atoms with Crippen molar-refractivity contribution < 1.29 is 19.1 Å². The van der Waals surface area contributed by atoms with Gasteiger partial charge in [-0.05, 0) is 43.8 Å². The Kier molecular flexibility index (Phi) is 5.52. The third kappa shape index (κ3) is 3.83. The predicted octanol–water partition coefficient (Wildman–Crippen LogP) is 4.14. The van der Waals surface area contributed by atoms with Gasteiger partial charge in [0.05, 0.1) is 27.6 Å². The fourth-order valence-corrected chi connectivity index (χ4v) is 4.33. The van der Waals surface area contributed by atoms with Crippen LogP contribution in [0.1, 0.15) is 49.9 Å². The number of carbonyl (C=O) groups excluding carboxylic acids is 3. The number of aromatic amines is 1. The quantitative estimate of drug-likeness (QED) is 0.476. The third-order valence-electron chi connectivity index (χ3n) is 3.77. The zero-order chi connectivity index (χ0) is 19.6. The van der Waals surface area contributed by atoms with Gasteiger partial charge in [-0.2, -0.15) is 5.10 Å². The number of anilines is 1. The maximum atomic E-state index is 12.6. The van der Waals surface area contributed by atoms with Gasteiger partial charge in [0.25, 0.3) is 5.91 Å². The van der Waals surface area contributed by atoms with E-state index in [0.717, 1.165) is 21.9 Å². The molecule has 0 aliphatic rings. The first-order valence-corrected chi connectivity index (χ1v) is 9.84. The lowest BCUT2D eigenvalue weighted by Crippen LogP contribution is -2.15.